The lowest BCUT2D eigenvalue weighted by atomic mass is 10.1. The maximum Gasteiger partial charge on any atom is 0.271 e. The maximum atomic E-state index is 12.6. The Bertz CT molecular complexity index is 1370. The number of aromatic nitrogens is 1. The summed E-state index contributed by atoms with van der Waals surface area (Å²) in [7, 11) is 0. The number of rotatable bonds is 4. The lowest BCUT2D eigenvalue weighted by Crippen LogP contribution is -2.19. The van der Waals surface area contributed by atoms with Crippen LogP contribution in [0.25, 0.3) is 5.69 Å². The van der Waals surface area contributed by atoms with Crippen molar-refractivity contribution in [3.63, 3.8) is 0 Å². The first-order valence-electron chi connectivity index (χ1n) is 10.8. The van der Waals surface area contributed by atoms with Crippen LogP contribution < -0.4 is 10.7 Å². The Morgan fingerprint density at radius 2 is 1.52 bits per heavy atom. The average molecular weight is 453 g/mol. The van der Waals surface area contributed by atoms with E-state index in [0.717, 1.165) is 39.7 Å². The van der Waals surface area contributed by atoms with Crippen molar-refractivity contribution >= 4 is 34.8 Å². The van der Waals surface area contributed by atoms with Gasteiger partial charge in [-0.05, 0) is 87.0 Å². The number of para-hydroxylation sites is 1. The van der Waals surface area contributed by atoms with Crippen LogP contribution in [0.1, 0.15) is 34.2 Å². The minimum Gasteiger partial charge on any atom is -0.354 e. The Hall–Kier alpha value is -3.77. The number of nitrogens with one attached hydrogen (secondary N) is 2. The highest BCUT2D eigenvalue weighted by Crippen LogP contribution is 2.44. The molecule has 0 aliphatic carbocycles. The monoisotopic (exact) mass is 452 g/mol. The SMILES string of the molecule is C/C(=N/NC(=O)c1ccc(-n2c(C)ccc2C)cc1)c1ccc2c(c1)Nc1ccccc1S2. The predicted octanol–water partition coefficient (Wildman–Crippen LogP) is 6.46. The number of hydrazone groups is 1. The molecule has 0 saturated heterocycles. The molecule has 0 atom stereocenters. The van der Waals surface area contributed by atoms with Crippen LogP contribution >= 0.6 is 11.8 Å². The van der Waals surface area contributed by atoms with Gasteiger partial charge in [-0.2, -0.15) is 5.10 Å². The summed E-state index contributed by atoms with van der Waals surface area (Å²) in [5, 5.41) is 7.83. The first kappa shape index (κ1) is 21.1. The van der Waals surface area contributed by atoms with Gasteiger partial charge in [0, 0.05) is 32.4 Å². The molecule has 1 aliphatic heterocycles. The molecule has 0 bridgehead atoms. The number of hydrogen-bond donors (Lipinski definition) is 2. The van der Waals surface area contributed by atoms with E-state index in [1.165, 1.54) is 9.79 Å². The molecule has 6 heteroatoms. The van der Waals surface area contributed by atoms with Crippen molar-refractivity contribution in [2.24, 2.45) is 5.10 Å². The van der Waals surface area contributed by atoms with E-state index < -0.39 is 0 Å². The van der Waals surface area contributed by atoms with Gasteiger partial charge in [0.15, 0.2) is 0 Å². The van der Waals surface area contributed by atoms with E-state index in [1.807, 2.05) is 49.4 Å². The molecule has 0 radical (unpaired) electrons. The number of benzene rings is 3. The summed E-state index contributed by atoms with van der Waals surface area (Å²) in [6.07, 6.45) is 0. The van der Waals surface area contributed by atoms with Crippen molar-refractivity contribution in [2.75, 3.05) is 5.32 Å². The summed E-state index contributed by atoms with van der Waals surface area (Å²) < 4.78 is 2.16. The fourth-order valence-electron chi connectivity index (χ4n) is 3.97. The van der Waals surface area contributed by atoms with Gasteiger partial charge in [0.25, 0.3) is 5.91 Å². The van der Waals surface area contributed by atoms with Crippen LogP contribution in [0.2, 0.25) is 0 Å². The smallest absolute Gasteiger partial charge is 0.271 e. The van der Waals surface area contributed by atoms with Crippen molar-refractivity contribution in [3.05, 3.63) is 101 Å². The Morgan fingerprint density at radius 1 is 0.848 bits per heavy atom. The van der Waals surface area contributed by atoms with Crippen molar-refractivity contribution < 1.29 is 4.79 Å². The predicted molar refractivity (Wildman–Crippen MR) is 135 cm³/mol. The second-order valence-electron chi connectivity index (χ2n) is 8.07. The standard InChI is InChI=1S/C27H24N4OS/c1-17-8-9-18(2)31(17)22-13-10-20(11-14-22)27(32)30-29-19(3)21-12-15-26-24(16-21)28-23-6-4-5-7-25(23)33-26/h4-16,28H,1-3H3,(H,30,32)/b29-19-. The van der Waals surface area contributed by atoms with Crippen LogP contribution in [0.5, 0.6) is 0 Å². The molecule has 164 valence electrons. The Morgan fingerprint density at radius 3 is 2.27 bits per heavy atom. The molecule has 0 fully saturated rings. The zero-order chi connectivity index (χ0) is 22.9. The molecule has 5 rings (SSSR count). The highest BCUT2D eigenvalue weighted by molar-refractivity contribution is 7.99. The number of fused-ring (bicyclic) bond motifs is 2. The molecular formula is C27H24N4OS. The third-order valence-corrected chi connectivity index (χ3v) is 6.91. The Balaban J connectivity index is 1.29. The normalized spacial score (nSPS) is 12.5. The quantitative estimate of drug-likeness (QED) is 0.243. The van der Waals surface area contributed by atoms with E-state index in [4.69, 9.17) is 0 Å². The molecule has 0 unspecified atom stereocenters. The van der Waals surface area contributed by atoms with E-state index in [9.17, 15) is 4.79 Å². The van der Waals surface area contributed by atoms with E-state index in [0.29, 0.717) is 5.56 Å². The summed E-state index contributed by atoms with van der Waals surface area (Å²) in [4.78, 5) is 15.0. The van der Waals surface area contributed by atoms with Crippen molar-refractivity contribution in [2.45, 2.75) is 30.6 Å². The second-order valence-corrected chi connectivity index (χ2v) is 9.15. The zero-order valence-corrected chi connectivity index (χ0v) is 19.5. The van der Waals surface area contributed by atoms with Gasteiger partial charge < -0.3 is 9.88 Å². The second kappa shape index (κ2) is 8.64. The molecule has 3 aromatic carbocycles. The topological polar surface area (TPSA) is 58.4 Å². The molecule has 0 spiro atoms. The van der Waals surface area contributed by atoms with Crippen LogP contribution in [0.3, 0.4) is 0 Å². The van der Waals surface area contributed by atoms with Gasteiger partial charge in [-0.15, -0.1) is 0 Å². The average Bonchev–Trinajstić information content (AvgIpc) is 3.18. The number of nitrogens with zero attached hydrogens (tertiary/aromatic N) is 2. The van der Waals surface area contributed by atoms with Gasteiger partial charge in [0.05, 0.1) is 17.1 Å². The molecule has 4 aromatic rings. The molecule has 0 saturated carbocycles. The minimum absolute atomic E-state index is 0.234. The fourth-order valence-corrected chi connectivity index (χ4v) is 4.93. The number of carbonyl (C=O) groups is 1. The van der Waals surface area contributed by atoms with Crippen LogP contribution in [-0.4, -0.2) is 16.2 Å². The summed E-state index contributed by atoms with van der Waals surface area (Å²) >= 11 is 1.75. The van der Waals surface area contributed by atoms with Gasteiger partial charge in [-0.1, -0.05) is 30.0 Å². The molecule has 5 nitrogen and oxygen atoms in total. The highest BCUT2D eigenvalue weighted by Gasteiger charge is 2.16. The van der Waals surface area contributed by atoms with Gasteiger partial charge in [0.1, 0.15) is 0 Å². The number of amides is 1. The maximum absolute atomic E-state index is 12.6. The zero-order valence-electron chi connectivity index (χ0n) is 18.7. The Labute approximate surface area is 197 Å². The highest BCUT2D eigenvalue weighted by atomic mass is 32.2. The Kier molecular flexibility index (Phi) is 5.52. The van der Waals surface area contributed by atoms with E-state index in [-0.39, 0.29) is 5.91 Å². The van der Waals surface area contributed by atoms with Crippen LogP contribution in [0, 0.1) is 13.8 Å². The third kappa shape index (κ3) is 4.17. The van der Waals surface area contributed by atoms with Gasteiger partial charge in [-0.25, -0.2) is 5.43 Å². The van der Waals surface area contributed by atoms with E-state index >= 15 is 0 Å². The molecule has 1 amide bonds. The largest absolute Gasteiger partial charge is 0.354 e. The molecule has 2 N–H and O–H groups in total. The molecule has 1 aromatic heterocycles. The lowest BCUT2D eigenvalue weighted by molar-refractivity contribution is 0.0955. The van der Waals surface area contributed by atoms with Crippen LogP contribution in [0.4, 0.5) is 11.4 Å². The van der Waals surface area contributed by atoms with Crippen LogP contribution in [-0.2, 0) is 0 Å². The van der Waals surface area contributed by atoms with Crippen molar-refractivity contribution in [1.29, 1.82) is 0 Å². The minimum atomic E-state index is -0.234. The van der Waals surface area contributed by atoms with E-state index in [1.54, 1.807) is 11.8 Å². The summed E-state index contributed by atoms with van der Waals surface area (Å²) in [6, 6.07) is 26.2. The fraction of sp³-hybridized carbons (Fsp3) is 0.111. The number of carbonyl (C=O) groups excluding carboxylic acids is 1. The third-order valence-electron chi connectivity index (χ3n) is 5.76. The summed E-state index contributed by atoms with van der Waals surface area (Å²) in [5.41, 5.74) is 10.4. The molecular weight excluding hydrogens is 428 g/mol. The van der Waals surface area contributed by atoms with Crippen molar-refractivity contribution in [1.82, 2.24) is 9.99 Å². The van der Waals surface area contributed by atoms with E-state index in [2.05, 4.69) is 70.7 Å². The number of hydrogen-bond acceptors (Lipinski definition) is 4. The lowest BCUT2D eigenvalue weighted by Gasteiger charge is -2.21. The van der Waals surface area contributed by atoms with Gasteiger partial charge >= 0.3 is 0 Å². The number of aryl methyl sites for hydroxylation is 2. The van der Waals surface area contributed by atoms with Gasteiger partial charge in [-0.3, -0.25) is 4.79 Å². The van der Waals surface area contributed by atoms with Crippen molar-refractivity contribution in [3.8, 4) is 5.69 Å². The van der Waals surface area contributed by atoms with Gasteiger partial charge in [0.2, 0.25) is 0 Å². The summed E-state index contributed by atoms with van der Waals surface area (Å²) in [6.45, 7) is 6.03. The number of anilines is 2. The first-order chi connectivity index (χ1) is 16.0. The molecule has 1 aliphatic rings. The summed E-state index contributed by atoms with van der Waals surface area (Å²) in [5.74, 6) is -0.234. The molecule has 33 heavy (non-hydrogen) atoms. The first-order valence-corrected chi connectivity index (χ1v) is 11.6. The van der Waals surface area contributed by atoms with Crippen LogP contribution in [0.15, 0.2) is 93.8 Å². The molecule has 2 heterocycles.